The zero-order valence-electron chi connectivity index (χ0n) is 8.33. The van der Waals surface area contributed by atoms with Crippen molar-refractivity contribution in [2.45, 2.75) is 19.6 Å². The van der Waals surface area contributed by atoms with Gasteiger partial charge in [0, 0.05) is 12.5 Å². The first-order valence-electron chi connectivity index (χ1n) is 4.70. The van der Waals surface area contributed by atoms with Crippen LogP contribution in [-0.4, -0.2) is 12.6 Å². The lowest BCUT2D eigenvalue weighted by atomic mass is 10.1. The van der Waals surface area contributed by atoms with Crippen LogP contribution in [0.25, 0.3) is 0 Å². The van der Waals surface area contributed by atoms with Crippen LogP contribution in [0.1, 0.15) is 24.2 Å². The third kappa shape index (κ3) is 2.53. The molecule has 0 aliphatic carbocycles. The molecule has 1 saturated heterocycles. The van der Waals surface area contributed by atoms with Crippen molar-refractivity contribution in [3.63, 3.8) is 0 Å². The molecule has 0 bridgehead atoms. The Hall–Kier alpha value is -1.42. The quantitative estimate of drug-likeness (QED) is 0.565. The normalized spacial score (nSPS) is 18.7. The Labute approximate surface area is 86.8 Å². The molecule has 4 heteroatoms. The highest BCUT2D eigenvalue weighted by atomic mass is 19.1. The van der Waals surface area contributed by atoms with Gasteiger partial charge in [0.2, 0.25) is 0 Å². The standard InChI is InChI=1S/C11H11FO3/c1-7(13)14-5-8-2-3-9(10(12)4-8)11-6-15-11/h2-4,11H,5-6H2,1H3. The Kier molecular flexibility index (Phi) is 2.68. The van der Waals surface area contributed by atoms with Crippen molar-refractivity contribution in [1.29, 1.82) is 0 Å². The van der Waals surface area contributed by atoms with Gasteiger partial charge in [0.05, 0.1) is 6.61 Å². The molecule has 2 rings (SSSR count). The van der Waals surface area contributed by atoms with Crippen LogP contribution in [0.2, 0.25) is 0 Å². The maximum Gasteiger partial charge on any atom is 0.302 e. The van der Waals surface area contributed by atoms with E-state index in [0.29, 0.717) is 17.7 Å². The van der Waals surface area contributed by atoms with E-state index in [2.05, 4.69) is 0 Å². The summed E-state index contributed by atoms with van der Waals surface area (Å²) in [5, 5.41) is 0. The minimum atomic E-state index is -0.370. The minimum Gasteiger partial charge on any atom is -0.461 e. The molecule has 1 fully saturated rings. The smallest absolute Gasteiger partial charge is 0.302 e. The average Bonchev–Trinajstić information content (AvgIpc) is 2.98. The summed E-state index contributed by atoms with van der Waals surface area (Å²) >= 11 is 0. The Morgan fingerprint density at radius 3 is 2.93 bits per heavy atom. The Morgan fingerprint density at radius 2 is 2.40 bits per heavy atom. The predicted octanol–water partition coefficient (Wildman–Crippen LogP) is 1.96. The second-order valence-electron chi connectivity index (χ2n) is 3.46. The van der Waals surface area contributed by atoms with E-state index in [0.717, 1.165) is 0 Å². The lowest BCUT2D eigenvalue weighted by Gasteiger charge is -2.04. The summed E-state index contributed by atoms with van der Waals surface area (Å²) in [6, 6.07) is 4.79. The number of carbonyl (C=O) groups is 1. The molecular weight excluding hydrogens is 199 g/mol. The third-order valence-corrected chi connectivity index (χ3v) is 2.19. The first-order valence-corrected chi connectivity index (χ1v) is 4.70. The van der Waals surface area contributed by atoms with Crippen molar-refractivity contribution in [3.05, 3.63) is 35.1 Å². The van der Waals surface area contributed by atoms with Gasteiger partial charge < -0.3 is 9.47 Å². The minimum absolute atomic E-state index is 0.0900. The van der Waals surface area contributed by atoms with E-state index in [9.17, 15) is 9.18 Å². The molecule has 1 aromatic rings. The van der Waals surface area contributed by atoms with Crippen LogP contribution < -0.4 is 0 Å². The summed E-state index contributed by atoms with van der Waals surface area (Å²) < 4.78 is 23.2. The topological polar surface area (TPSA) is 38.8 Å². The fourth-order valence-electron chi connectivity index (χ4n) is 1.33. The van der Waals surface area contributed by atoms with Crippen molar-refractivity contribution < 1.29 is 18.7 Å². The fourth-order valence-corrected chi connectivity index (χ4v) is 1.33. The summed E-state index contributed by atoms with van der Waals surface area (Å²) in [4.78, 5) is 10.6. The Bertz CT molecular complexity index is 385. The van der Waals surface area contributed by atoms with Gasteiger partial charge >= 0.3 is 5.97 Å². The van der Waals surface area contributed by atoms with Crippen LogP contribution in [-0.2, 0) is 20.9 Å². The van der Waals surface area contributed by atoms with E-state index in [1.54, 1.807) is 12.1 Å². The SMILES string of the molecule is CC(=O)OCc1ccc(C2CO2)c(F)c1. The molecule has 0 saturated carbocycles. The van der Waals surface area contributed by atoms with Crippen molar-refractivity contribution in [2.75, 3.05) is 6.61 Å². The molecule has 3 nitrogen and oxygen atoms in total. The number of halogens is 1. The van der Waals surface area contributed by atoms with Gasteiger partial charge in [0.25, 0.3) is 0 Å². The van der Waals surface area contributed by atoms with Crippen LogP contribution in [0.3, 0.4) is 0 Å². The predicted molar refractivity (Wildman–Crippen MR) is 50.6 cm³/mol. The average molecular weight is 210 g/mol. The van der Waals surface area contributed by atoms with Crippen molar-refractivity contribution >= 4 is 5.97 Å². The number of esters is 1. The molecule has 1 aliphatic heterocycles. The molecule has 0 spiro atoms. The third-order valence-electron chi connectivity index (χ3n) is 2.19. The van der Waals surface area contributed by atoms with Gasteiger partial charge in [-0.1, -0.05) is 12.1 Å². The summed E-state index contributed by atoms with van der Waals surface area (Å²) in [6.45, 7) is 2.01. The lowest BCUT2D eigenvalue weighted by molar-refractivity contribution is -0.142. The summed E-state index contributed by atoms with van der Waals surface area (Å²) in [5.41, 5.74) is 1.22. The van der Waals surface area contributed by atoms with Gasteiger partial charge in [-0.05, 0) is 11.6 Å². The summed E-state index contributed by atoms with van der Waals surface area (Å²) in [7, 11) is 0. The van der Waals surface area contributed by atoms with Crippen LogP contribution >= 0.6 is 0 Å². The highest BCUT2D eigenvalue weighted by molar-refractivity contribution is 5.65. The number of benzene rings is 1. The first kappa shape index (κ1) is 10.1. The van der Waals surface area contributed by atoms with Crippen molar-refractivity contribution in [1.82, 2.24) is 0 Å². The monoisotopic (exact) mass is 210 g/mol. The van der Waals surface area contributed by atoms with Gasteiger partial charge in [0.1, 0.15) is 18.5 Å². The second-order valence-corrected chi connectivity index (χ2v) is 3.46. The number of carbonyl (C=O) groups excluding carboxylic acids is 1. The Morgan fingerprint density at radius 1 is 1.67 bits per heavy atom. The van der Waals surface area contributed by atoms with E-state index in [4.69, 9.17) is 9.47 Å². The molecule has 0 amide bonds. The molecule has 80 valence electrons. The maximum absolute atomic E-state index is 13.4. The van der Waals surface area contributed by atoms with Crippen molar-refractivity contribution in [3.8, 4) is 0 Å². The van der Waals surface area contributed by atoms with Gasteiger partial charge in [-0.15, -0.1) is 0 Å². The lowest BCUT2D eigenvalue weighted by Crippen LogP contribution is -2.00. The maximum atomic E-state index is 13.4. The molecular formula is C11H11FO3. The first-order chi connectivity index (χ1) is 7.16. The molecule has 1 unspecified atom stereocenters. The van der Waals surface area contributed by atoms with E-state index >= 15 is 0 Å². The van der Waals surface area contributed by atoms with Gasteiger partial charge in [0.15, 0.2) is 0 Å². The Balaban J connectivity index is 2.07. The molecule has 1 aliphatic rings. The zero-order valence-corrected chi connectivity index (χ0v) is 8.33. The molecule has 0 N–H and O–H groups in total. The number of hydrogen-bond acceptors (Lipinski definition) is 3. The zero-order chi connectivity index (χ0) is 10.8. The fraction of sp³-hybridized carbons (Fsp3) is 0.364. The molecule has 1 atom stereocenters. The molecule has 0 radical (unpaired) electrons. The van der Waals surface area contributed by atoms with Crippen molar-refractivity contribution in [2.24, 2.45) is 0 Å². The second kappa shape index (κ2) is 3.98. The number of ether oxygens (including phenoxy) is 2. The van der Waals surface area contributed by atoms with Gasteiger partial charge in [-0.2, -0.15) is 0 Å². The largest absolute Gasteiger partial charge is 0.461 e. The number of epoxide rings is 1. The van der Waals surface area contributed by atoms with E-state index < -0.39 is 0 Å². The van der Waals surface area contributed by atoms with Crippen LogP contribution in [0.5, 0.6) is 0 Å². The summed E-state index contributed by atoms with van der Waals surface area (Å²) in [6.07, 6.45) is -0.0900. The number of hydrogen-bond donors (Lipinski definition) is 0. The van der Waals surface area contributed by atoms with Crippen LogP contribution in [0.4, 0.5) is 4.39 Å². The van der Waals surface area contributed by atoms with E-state index in [1.807, 2.05) is 0 Å². The van der Waals surface area contributed by atoms with E-state index in [-0.39, 0.29) is 24.5 Å². The summed E-state index contributed by atoms with van der Waals surface area (Å²) in [5.74, 6) is -0.674. The molecule has 1 aromatic carbocycles. The van der Waals surface area contributed by atoms with E-state index in [1.165, 1.54) is 13.0 Å². The number of rotatable bonds is 3. The van der Waals surface area contributed by atoms with Gasteiger partial charge in [-0.25, -0.2) is 4.39 Å². The highest BCUT2D eigenvalue weighted by Crippen LogP contribution is 2.31. The molecule has 0 aromatic heterocycles. The van der Waals surface area contributed by atoms with Gasteiger partial charge in [-0.3, -0.25) is 4.79 Å². The van der Waals surface area contributed by atoms with Crippen LogP contribution in [0, 0.1) is 5.82 Å². The molecule has 15 heavy (non-hydrogen) atoms. The molecule has 1 heterocycles. The highest BCUT2D eigenvalue weighted by Gasteiger charge is 2.27. The van der Waals surface area contributed by atoms with Crippen LogP contribution in [0.15, 0.2) is 18.2 Å².